The zero-order valence-electron chi connectivity index (χ0n) is 22.0. The maximum atomic E-state index is 13.6. The average Bonchev–Trinajstić information content (AvgIpc) is 3.41. The number of nitrogens with zero attached hydrogens (tertiary/aromatic N) is 2. The third kappa shape index (κ3) is 6.11. The van der Waals surface area contributed by atoms with Crippen molar-refractivity contribution in [2.24, 2.45) is 0 Å². The Kier molecular flexibility index (Phi) is 8.91. The van der Waals surface area contributed by atoms with Crippen LogP contribution in [0.3, 0.4) is 0 Å². The van der Waals surface area contributed by atoms with E-state index in [1.807, 2.05) is 23.6 Å². The third-order valence-corrected chi connectivity index (χ3v) is 9.53. The highest BCUT2D eigenvalue weighted by Gasteiger charge is 2.35. The fourth-order valence-corrected chi connectivity index (χ4v) is 6.82. The molecule has 0 radical (unpaired) electrons. The Hall–Kier alpha value is -3.14. The van der Waals surface area contributed by atoms with Crippen LogP contribution in [-0.2, 0) is 21.2 Å². The molecule has 9 heteroatoms. The number of benzene rings is 2. The smallest absolute Gasteiger partial charge is 0.243 e. The van der Waals surface area contributed by atoms with E-state index in [-0.39, 0.29) is 36.5 Å². The molecule has 0 bridgehead atoms. The monoisotopic (exact) mass is 554 g/mol. The van der Waals surface area contributed by atoms with Crippen molar-refractivity contribution >= 4 is 27.3 Å². The van der Waals surface area contributed by atoms with Crippen molar-refractivity contribution in [3.05, 3.63) is 88.6 Å². The van der Waals surface area contributed by atoms with Gasteiger partial charge in [-0.1, -0.05) is 32.1 Å². The molecular formula is C29H34N2O5S2. The van der Waals surface area contributed by atoms with Crippen LogP contribution < -0.4 is 9.47 Å². The second-order valence-corrected chi connectivity index (χ2v) is 12.4. The Balaban J connectivity index is 1.53. The number of methoxy groups -OCH3 is 1. The number of sulfonamides is 1. The molecule has 0 fully saturated rings. The Morgan fingerprint density at radius 3 is 2.45 bits per heavy atom. The number of amides is 1. The van der Waals surface area contributed by atoms with E-state index >= 15 is 0 Å². The van der Waals surface area contributed by atoms with E-state index in [0.717, 1.165) is 22.0 Å². The van der Waals surface area contributed by atoms with E-state index in [0.29, 0.717) is 18.2 Å². The molecule has 1 aliphatic heterocycles. The number of carbonyl (C=O) groups excluding carboxylic acids is 1. The number of hydrogen-bond donors (Lipinski definition) is 0. The summed E-state index contributed by atoms with van der Waals surface area (Å²) in [6.07, 6.45) is 2.22. The van der Waals surface area contributed by atoms with Gasteiger partial charge in [0, 0.05) is 18.0 Å². The summed E-state index contributed by atoms with van der Waals surface area (Å²) in [5.41, 5.74) is 2.29. The molecule has 7 nitrogen and oxygen atoms in total. The highest BCUT2D eigenvalue weighted by molar-refractivity contribution is 7.89. The van der Waals surface area contributed by atoms with E-state index in [1.165, 1.54) is 35.8 Å². The van der Waals surface area contributed by atoms with Gasteiger partial charge in [0.05, 0.1) is 24.6 Å². The van der Waals surface area contributed by atoms with E-state index in [4.69, 9.17) is 9.47 Å². The maximum Gasteiger partial charge on any atom is 0.243 e. The van der Waals surface area contributed by atoms with Crippen molar-refractivity contribution in [2.75, 3.05) is 33.4 Å². The van der Waals surface area contributed by atoms with Crippen LogP contribution in [0.4, 0.5) is 0 Å². The summed E-state index contributed by atoms with van der Waals surface area (Å²) in [7, 11) is -2.41. The van der Waals surface area contributed by atoms with Crippen molar-refractivity contribution in [3.63, 3.8) is 0 Å². The molecule has 2 aromatic carbocycles. The number of hydrogen-bond acceptors (Lipinski definition) is 6. The second-order valence-electron chi connectivity index (χ2n) is 9.45. The molecular weight excluding hydrogens is 520 g/mol. The first-order chi connectivity index (χ1) is 18.2. The normalized spacial score (nSPS) is 15.4. The summed E-state index contributed by atoms with van der Waals surface area (Å²) < 4.78 is 39.3. The van der Waals surface area contributed by atoms with Crippen molar-refractivity contribution in [1.82, 2.24) is 9.21 Å². The third-order valence-electron chi connectivity index (χ3n) is 6.71. The number of ether oxygens (including phenoxy) is 2. The minimum Gasteiger partial charge on any atom is -0.497 e. The number of fused-ring (bicyclic) bond motifs is 1. The number of thiophene rings is 1. The highest BCUT2D eigenvalue weighted by Crippen LogP contribution is 2.34. The molecule has 3 aromatic rings. The SMILES string of the molecule is C=CCN(CC(=O)N1CCc2sccc2[C@@H]1COc1ccc(C(C)C)cc1)S(=O)(=O)c1ccc(OC)cc1. The highest BCUT2D eigenvalue weighted by atomic mass is 32.2. The van der Waals surface area contributed by atoms with Gasteiger partial charge in [-0.2, -0.15) is 4.31 Å². The summed E-state index contributed by atoms with van der Waals surface area (Å²) in [6, 6.07) is 15.9. The molecule has 1 aromatic heterocycles. The molecule has 0 N–H and O–H groups in total. The van der Waals surface area contributed by atoms with E-state index in [9.17, 15) is 13.2 Å². The number of carbonyl (C=O) groups is 1. The summed E-state index contributed by atoms with van der Waals surface area (Å²) >= 11 is 1.67. The predicted octanol–water partition coefficient (Wildman–Crippen LogP) is 5.26. The van der Waals surface area contributed by atoms with E-state index in [2.05, 4.69) is 32.6 Å². The van der Waals surface area contributed by atoms with Crippen molar-refractivity contribution in [2.45, 2.75) is 37.1 Å². The molecule has 1 atom stereocenters. The lowest BCUT2D eigenvalue weighted by atomic mass is 10.0. The molecule has 0 aliphatic carbocycles. The molecule has 202 valence electrons. The van der Waals surface area contributed by atoms with Gasteiger partial charge in [0.15, 0.2) is 0 Å². The number of rotatable bonds is 11. The Labute approximate surface area is 229 Å². The fraction of sp³-hybridized carbons (Fsp3) is 0.345. The standard InChI is InChI=1S/C29H34N2O5S2/c1-5-16-30(38(33,34)25-12-10-23(35-4)11-13-25)19-29(32)31-17-14-28-26(15-18-37-28)27(31)20-36-24-8-6-22(7-9-24)21(2)3/h5-13,15,18,21,27H,1,14,16-17,19-20H2,2-4H3/t27-/m0/s1. The first kappa shape index (κ1) is 27.9. The van der Waals surface area contributed by atoms with Crippen LogP contribution in [0.1, 0.15) is 41.8 Å². The largest absolute Gasteiger partial charge is 0.497 e. The molecule has 38 heavy (non-hydrogen) atoms. The van der Waals surface area contributed by atoms with E-state index < -0.39 is 10.0 Å². The van der Waals surface area contributed by atoms with Crippen molar-refractivity contribution in [1.29, 1.82) is 0 Å². The molecule has 4 rings (SSSR count). The van der Waals surface area contributed by atoms with Gasteiger partial charge in [0.25, 0.3) is 0 Å². The molecule has 1 aliphatic rings. The summed E-state index contributed by atoms with van der Waals surface area (Å²) in [6.45, 7) is 8.49. The Bertz CT molecular complexity index is 1350. The van der Waals surface area contributed by atoms with Gasteiger partial charge in [-0.3, -0.25) is 4.79 Å². The van der Waals surface area contributed by atoms with Crippen LogP contribution in [0, 0.1) is 0 Å². The van der Waals surface area contributed by atoms with Crippen LogP contribution in [0.2, 0.25) is 0 Å². The van der Waals surface area contributed by atoms with Crippen LogP contribution in [-0.4, -0.2) is 56.9 Å². The first-order valence-electron chi connectivity index (χ1n) is 12.6. The van der Waals surface area contributed by atoms with Gasteiger partial charge >= 0.3 is 0 Å². The van der Waals surface area contributed by atoms with E-state index in [1.54, 1.807) is 28.4 Å². The molecule has 0 spiro atoms. The van der Waals surface area contributed by atoms with Gasteiger partial charge < -0.3 is 14.4 Å². The Morgan fingerprint density at radius 1 is 1.13 bits per heavy atom. The molecule has 0 unspecified atom stereocenters. The topological polar surface area (TPSA) is 76.2 Å². The van der Waals surface area contributed by atoms with Gasteiger partial charge in [-0.05, 0) is 71.3 Å². The molecule has 0 saturated heterocycles. The lowest BCUT2D eigenvalue weighted by molar-refractivity contribution is -0.135. The lowest BCUT2D eigenvalue weighted by Gasteiger charge is -2.36. The molecule has 2 heterocycles. The van der Waals surface area contributed by atoms with Crippen molar-refractivity contribution < 1.29 is 22.7 Å². The minimum atomic E-state index is -3.93. The van der Waals surface area contributed by atoms with Gasteiger partial charge in [-0.25, -0.2) is 8.42 Å². The second kappa shape index (κ2) is 12.1. The molecule has 0 saturated carbocycles. The predicted molar refractivity (Wildman–Crippen MR) is 150 cm³/mol. The van der Waals surface area contributed by atoms with Gasteiger partial charge in [0.2, 0.25) is 15.9 Å². The molecule has 1 amide bonds. The zero-order chi connectivity index (χ0) is 27.3. The maximum absolute atomic E-state index is 13.6. The lowest BCUT2D eigenvalue weighted by Crippen LogP contribution is -2.47. The summed E-state index contributed by atoms with van der Waals surface area (Å²) in [4.78, 5) is 16.7. The van der Waals surface area contributed by atoms with Crippen LogP contribution >= 0.6 is 11.3 Å². The fourth-order valence-electron chi connectivity index (χ4n) is 4.53. The summed E-state index contributed by atoms with van der Waals surface area (Å²) in [5, 5.41) is 2.03. The Morgan fingerprint density at radius 2 is 1.82 bits per heavy atom. The van der Waals surface area contributed by atoms with Gasteiger partial charge in [0.1, 0.15) is 18.1 Å². The quantitative estimate of drug-likeness (QED) is 0.302. The summed E-state index contributed by atoms with van der Waals surface area (Å²) in [5.74, 6) is 1.44. The van der Waals surface area contributed by atoms with Crippen LogP contribution in [0.15, 0.2) is 77.5 Å². The first-order valence-corrected chi connectivity index (χ1v) is 14.9. The van der Waals surface area contributed by atoms with Crippen LogP contribution in [0.25, 0.3) is 0 Å². The van der Waals surface area contributed by atoms with Crippen molar-refractivity contribution in [3.8, 4) is 11.5 Å². The van der Waals surface area contributed by atoms with Gasteiger partial charge in [-0.15, -0.1) is 17.9 Å². The average molecular weight is 555 g/mol. The zero-order valence-corrected chi connectivity index (χ0v) is 23.6. The van der Waals surface area contributed by atoms with Crippen LogP contribution in [0.5, 0.6) is 11.5 Å². The minimum absolute atomic E-state index is 0.0149.